The van der Waals surface area contributed by atoms with E-state index in [-0.39, 0.29) is 10.5 Å². The topological polar surface area (TPSA) is 20.2 Å². The van der Waals surface area contributed by atoms with E-state index >= 15 is 0 Å². The SMILES string of the molecule is OCc1ccc(S)c(C(F)(F)F)c1. The van der Waals surface area contributed by atoms with E-state index in [1.165, 1.54) is 12.1 Å². The Balaban J connectivity index is 3.19. The van der Waals surface area contributed by atoms with Gasteiger partial charge in [0.15, 0.2) is 0 Å². The van der Waals surface area contributed by atoms with E-state index < -0.39 is 18.3 Å². The Hall–Kier alpha value is -0.680. The molecule has 0 unspecified atom stereocenters. The van der Waals surface area contributed by atoms with E-state index in [9.17, 15) is 13.2 Å². The number of alkyl halides is 3. The summed E-state index contributed by atoms with van der Waals surface area (Å²) in [5.74, 6) is 0. The second-order valence-corrected chi connectivity index (χ2v) is 2.99. The molecule has 1 rings (SSSR count). The highest BCUT2D eigenvalue weighted by atomic mass is 32.1. The van der Waals surface area contributed by atoms with E-state index in [2.05, 4.69) is 12.6 Å². The van der Waals surface area contributed by atoms with Gasteiger partial charge in [-0.2, -0.15) is 13.2 Å². The lowest BCUT2D eigenvalue weighted by atomic mass is 10.1. The Kier molecular flexibility index (Phi) is 2.87. The number of benzene rings is 1. The minimum Gasteiger partial charge on any atom is -0.392 e. The zero-order valence-electron chi connectivity index (χ0n) is 6.47. The number of aliphatic hydroxyl groups excluding tert-OH is 1. The lowest BCUT2D eigenvalue weighted by Crippen LogP contribution is -2.06. The second-order valence-electron chi connectivity index (χ2n) is 2.51. The van der Waals surface area contributed by atoms with Gasteiger partial charge in [0.1, 0.15) is 0 Å². The molecule has 1 nitrogen and oxygen atoms in total. The summed E-state index contributed by atoms with van der Waals surface area (Å²) in [5, 5.41) is 8.63. The Labute approximate surface area is 78.6 Å². The molecule has 0 radical (unpaired) electrons. The van der Waals surface area contributed by atoms with Crippen LogP contribution < -0.4 is 0 Å². The minimum atomic E-state index is -4.41. The first-order valence-corrected chi connectivity index (χ1v) is 3.90. The molecular weight excluding hydrogens is 201 g/mol. The first kappa shape index (κ1) is 10.4. The van der Waals surface area contributed by atoms with Gasteiger partial charge in [-0.15, -0.1) is 12.6 Å². The molecule has 0 amide bonds. The predicted octanol–water partition coefficient (Wildman–Crippen LogP) is 2.49. The standard InChI is InChI=1S/C8H7F3OS/c9-8(10,11)6-3-5(4-12)1-2-7(6)13/h1-3,12-13H,4H2. The first-order valence-electron chi connectivity index (χ1n) is 3.45. The number of rotatable bonds is 1. The van der Waals surface area contributed by atoms with Gasteiger partial charge in [-0.05, 0) is 17.7 Å². The Bertz CT molecular complexity index is 309. The van der Waals surface area contributed by atoms with Crippen molar-refractivity contribution in [1.82, 2.24) is 0 Å². The van der Waals surface area contributed by atoms with E-state index in [1.807, 2.05) is 0 Å². The van der Waals surface area contributed by atoms with Crippen LogP contribution in [0.3, 0.4) is 0 Å². The summed E-state index contributed by atoms with van der Waals surface area (Å²) in [5.41, 5.74) is -0.590. The van der Waals surface area contributed by atoms with Gasteiger partial charge in [0.05, 0.1) is 12.2 Å². The molecule has 1 aromatic rings. The molecule has 0 fully saturated rings. The van der Waals surface area contributed by atoms with Crippen LogP contribution in [0.4, 0.5) is 13.2 Å². The molecule has 1 N–H and O–H groups in total. The smallest absolute Gasteiger partial charge is 0.392 e. The van der Waals surface area contributed by atoms with Crippen molar-refractivity contribution in [1.29, 1.82) is 0 Å². The second kappa shape index (κ2) is 3.59. The molecule has 0 aromatic heterocycles. The van der Waals surface area contributed by atoms with Crippen molar-refractivity contribution >= 4 is 12.6 Å². The number of hydrogen-bond donors (Lipinski definition) is 2. The number of aliphatic hydroxyl groups is 1. The summed E-state index contributed by atoms with van der Waals surface area (Å²) in [6.45, 7) is -0.406. The fourth-order valence-corrected chi connectivity index (χ4v) is 1.17. The van der Waals surface area contributed by atoms with Gasteiger partial charge in [-0.3, -0.25) is 0 Å². The lowest BCUT2D eigenvalue weighted by Gasteiger charge is -2.10. The van der Waals surface area contributed by atoms with E-state index in [4.69, 9.17) is 5.11 Å². The average Bonchev–Trinajstić information content (AvgIpc) is 2.03. The van der Waals surface area contributed by atoms with Crippen molar-refractivity contribution < 1.29 is 18.3 Å². The Morgan fingerprint density at radius 2 is 1.92 bits per heavy atom. The van der Waals surface area contributed by atoms with Gasteiger partial charge < -0.3 is 5.11 Å². The van der Waals surface area contributed by atoms with Crippen LogP contribution in [-0.4, -0.2) is 5.11 Å². The summed E-state index contributed by atoms with van der Waals surface area (Å²) in [6.07, 6.45) is -4.41. The molecule has 1 aromatic carbocycles. The normalized spacial score (nSPS) is 11.8. The maximum absolute atomic E-state index is 12.2. The van der Waals surface area contributed by atoms with Crippen molar-refractivity contribution in [3.8, 4) is 0 Å². The van der Waals surface area contributed by atoms with Crippen molar-refractivity contribution in [3.05, 3.63) is 29.3 Å². The van der Waals surface area contributed by atoms with Gasteiger partial charge in [0, 0.05) is 4.90 Å². The van der Waals surface area contributed by atoms with Crippen LogP contribution in [0.15, 0.2) is 23.1 Å². The zero-order valence-corrected chi connectivity index (χ0v) is 7.36. The molecule has 0 spiro atoms. The highest BCUT2D eigenvalue weighted by Crippen LogP contribution is 2.34. The third-order valence-electron chi connectivity index (χ3n) is 1.55. The van der Waals surface area contributed by atoms with Crippen LogP contribution in [0.1, 0.15) is 11.1 Å². The summed E-state index contributed by atoms with van der Waals surface area (Å²) in [6, 6.07) is 3.51. The summed E-state index contributed by atoms with van der Waals surface area (Å²) >= 11 is 3.68. The van der Waals surface area contributed by atoms with Gasteiger partial charge in [0.2, 0.25) is 0 Å². The summed E-state index contributed by atoms with van der Waals surface area (Å²) < 4.78 is 36.7. The third kappa shape index (κ3) is 2.38. The van der Waals surface area contributed by atoms with Crippen LogP contribution in [0.2, 0.25) is 0 Å². The number of thiol groups is 1. The van der Waals surface area contributed by atoms with Crippen LogP contribution in [0.5, 0.6) is 0 Å². The lowest BCUT2D eigenvalue weighted by molar-refractivity contribution is -0.139. The summed E-state index contributed by atoms with van der Waals surface area (Å²) in [4.78, 5) is -0.135. The molecular formula is C8H7F3OS. The summed E-state index contributed by atoms with van der Waals surface area (Å²) in [7, 11) is 0. The zero-order chi connectivity index (χ0) is 10.1. The van der Waals surface area contributed by atoms with E-state index in [0.717, 1.165) is 6.07 Å². The molecule has 13 heavy (non-hydrogen) atoms. The highest BCUT2D eigenvalue weighted by Gasteiger charge is 2.32. The average molecular weight is 208 g/mol. The molecule has 0 saturated heterocycles. The third-order valence-corrected chi connectivity index (χ3v) is 1.94. The molecule has 0 aliphatic rings. The molecule has 0 aliphatic carbocycles. The van der Waals surface area contributed by atoms with Crippen LogP contribution in [-0.2, 0) is 12.8 Å². The molecule has 0 saturated carbocycles. The monoisotopic (exact) mass is 208 g/mol. The Morgan fingerprint density at radius 3 is 2.38 bits per heavy atom. The molecule has 0 bridgehead atoms. The van der Waals surface area contributed by atoms with Gasteiger partial charge in [-0.1, -0.05) is 6.07 Å². The fourth-order valence-electron chi connectivity index (χ4n) is 0.909. The maximum atomic E-state index is 12.2. The van der Waals surface area contributed by atoms with Gasteiger partial charge in [0.25, 0.3) is 0 Å². The van der Waals surface area contributed by atoms with Crippen molar-refractivity contribution in [3.63, 3.8) is 0 Å². The largest absolute Gasteiger partial charge is 0.417 e. The first-order chi connectivity index (χ1) is 5.95. The number of halogens is 3. The van der Waals surface area contributed by atoms with E-state index in [1.54, 1.807) is 0 Å². The quantitative estimate of drug-likeness (QED) is 0.679. The Morgan fingerprint density at radius 1 is 1.31 bits per heavy atom. The van der Waals surface area contributed by atoms with Crippen molar-refractivity contribution in [2.75, 3.05) is 0 Å². The fraction of sp³-hybridized carbons (Fsp3) is 0.250. The van der Waals surface area contributed by atoms with Crippen molar-refractivity contribution in [2.45, 2.75) is 17.7 Å². The van der Waals surface area contributed by atoms with Crippen LogP contribution >= 0.6 is 12.6 Å². The van der Waals surface area contributed by atoms with Gasteiger partial charge >= 0.3 is 6.18 Å². The number of hydrogen-bond acceptors (Lipinski definition) is 2. The minimum absolute atomic E-state index is 0.135. The van der Waals surface area contributed by atoms with Crippen LogP contribution in [0.25, 0.3) is 0 Å². The van der Waals surface area contributed by atoms with Crippen LogP contribution in [0, 0.1) is 0 Å². The molecule has 72 valence electrons. The molecule has 0 atom stereocenters. The molecule has 0 heterocycles. The predicted molar refractivity (Wildman–Crippen MR) is 44.6 cm³/mol. The van der Waals surface area contributed by atoms with Gasteiger partial charge in [-0.25, -0.2) is 0 Å². The molecule has 5 heteroatoms. The molecule has 0 aliphatic heterocycles. The maximum Gasteiger partial charge on any atom is 0.417 e. The van der Waals surface area contributed by atoms with E-state index in [0.29, 0.717) is 0 Å². The highest BCUT2D eigenvalue weighted by molar-refractivity contribution is 7.80. The van der Waals surface area contributed by atoms with Crippen molar-refractivity contribution in [2.24, 2.45) is 0 Å².